The van der Waals surface area contributed by atoms with E-state index in [9.17, 15) is 0 Å². The zero-order valence-corrected chi connectivity index (χ0v) is 11.3. The van der Waals surface area contributed by atoms with E-state index in [1.165, 1.54) is 17.7 Å². The van der Waals surface area contributed by atoms with Crippen molar-refractivity contribution in [2.45, 2.75) is 39.7 Å². The first-order valence-corrected chi connectivity index (χ1v) is 6.35. The van der Waals surface area contributed by atoms with E-state index in [-0.39, 0.29) is 0 Å². The van der Waals surface area contributed by atoms with E-state index >= 15 is 0 Å². The van der Waals surface area contributed by atoms with Crippen molar-refractivity contribution in [3.05, 3.63) is 8.99 Å². The first kappa shape index (κ1) is 12.8. The number of nitrogens with zero attached hydrogens (tertiary/aromatic N) is 1. The summed E-state index contributed by atoms with van der Waals surface area (Å²) < 4.78 is 4.48. The second kappa shape index (κ2) is 7.21. The Hall–Kier alpha value is 0.780. The van der Waals surface area contributed by atoms with Crippen LogP contribution in [0, 0.1) is 0 Å². The Balaban J connectivity index is 3.91. The summed E-state index contributed by atoms with van der Waals surface area (Å²) >= 11 is 4.13. The molecule has 0 heterocycles. The maximum atomic E-state index is 2.35. The summed E-state index contributed by atoms with van der Waals surface area (Å²) in [6.07, 6.45) is 2.46. The van der Waals surface area contributed by atoms with Gasteiger partial charge in [0.2, 0.25) is 0 Å². The number of hydrogen-bond acceptors (Lipinski definition) is 2. The van der Waals surface area contributed by atoms with Gasteiger partial charge in [-0.1, -0.05) is 36.4 Å². The third-order valence-corrected chi connectivity index (χ3v) is 4.25. The summed E-state index contributed by atoms with van der Waals surface area (Å²) in [5.74, 6) is 0. The van der Waals surface area contributed by atoms with Gasteiger partial charge in [0.25, 0.3) is 0 Å². The lowest BCUT2D eigenvalue weighted by Crippen LogP contribution is -2.23. The average Bonchev–Trinajstić information content (AvgIpc) is 2.06. The van der Waals surface area contributed by atoms with Crippen LogP contribution in [0.25, 0.3) is 0 Å². The fourth-order valence-electron chi connectivity index (χ4n) is 1.12. The Morgan fingerprint density at radius 2 is 2.00 bits per heavy atom. The molecule has 0 aliphatic heterocycles. The third kappa shape index (κ3) is 4.72. The van der Waals surface area contributed by atoms with Crippen LogP contribution in [0.5, 0.6) is 0 Å². The van der Waals surface area contributed by atoms with Crippen molar-refractivity contribution in [1.29, 1.82) is 0 Å². The fourth-order valence-corrected chi connectivity index (χ4v) is 2.41. The van der Waals surface area contributed by atoms with Crippen LogP contribution in [0.1, 0.15) is 33.6 Å². The molecule has 0 spiro atoms. The van der Waals surface area contributed by atoms with Crippen molar-refractivity contribution in [1.82, 2.24) is 4.31 Å². The molecule has 0 atom stereocenters. The van der Waals surface area contributed by atoms with Crippen LogP contribution in [0.15, 0.2) is 8.99 Å². The summed E-state index contributed by atoms with van der Waals surface area (Å²) in [4.78, 5) is 1.37. The van der Waals surface area contributed by atoms with Gasteiger partial charge in [0.15, 0.2) is 0 Å². The molecule has 0 saturated carbocycles. The minimum Gasteiger partial charge on any atom is -0.247 e. The van der Waals surface area contributed by atoms with Crippen LogP contribution < -0.4 is 0 Å². The largest absolute Gasteiger partial charge is 0.247 e. The van der Waals surface area contributed by atoms with Gasteiger partial charge in [-0.2, -0.15) is 0 Å². The number of hydrogen-bond donors (Lipinski definition) is 0. The Morgan fingerprint density at radius 3 is 2.33 bits per heavy atom. The minimum atomic E-state index is 0.710. The van der Waals surface area contributed by atoms with Gasteiger partial charge in [0.1, 0.15) is 0 Å². The van der Waals surface area contributed by atoms with Gasteiger partial charge >= 0.3 is 0 Å². The van der Waals surface area contributed by atoms with Crippen LogP contribution in [-0.2, 0) is 0 Å². The Morgan fingerprint density at radius 1 is 1.50 bits per heavy atom. The van der Waals surface area contributed by atoms with E-state index in [1.807, 2.05) is 11.9 Å². The molecular weight excluding hydrogens is 281 g/mol. The number of allylic oxidation sites excluding steroid dienone is 1. The fraction of sp³-hybridized carbons (Fsp3) is 0.778. The van der Waals surface area contributed by atoms with Crippen molar-refractivity contribution < 1.29 is 0 Å². The standard InChI is InChI=1S/C9H18INS/c1-5-9(6-2)11(4)12-8(3)7-10/h7,9H,5-6H2,1-4H3/b8-7+. The van der Waals surface area contributed by atoms with Crippen LogP contribution >= 0.6 is 34.5 Å². The van der Waals surface area contributed by atoms with Crippen molar-refractivity contribution in [2.75, 3.05) is 7.05 Å². The highest BCUT2D eigenvalue weighted by Crippen LogP contribution is 2.24. The molecule has 0 rings (SSSR count). The molecule has 0 aromatic carbocycles. The smallest absolute Gasteiger partial charge is 0.0197 e. The molecule has 0 aliphatic carbocycles. The van der Waals surface area contributed by atoms with Crippen molar-refractivity contribution >= 4 is 34.5 Å². The van der Waals surface area contributed by atoms with Crippen LogP contribution in [0.3, 0.4) is 0 Å². The summed E-state index contributed by atoms with van der Waals surface area (Å²) in [6, 6.07) is 0.710. The highest BCUT2D eigenvalue weighted by molar-refractivity contribution is 14.1. The molecule has 0 unspecified atom stereocenters. The molecule has 0 saturated heterocycles. The van der Waals surface area contributed by atoms with Crippen molar-refractivity contribution in [3.8, 4) is 0 Å². The van der Waals surface area contributed by atoms with Gasteiger partial charge in [-0.3, -0.25) is 0 Å². The predicted octanol–water partition coefficient (Wildman–Crippen LogP) is 4.05. The van der Waals surface area contributed by atoms with Crippen LogP contribution in [0.2, 0.25) is 0 Å². The van der Waals surface area contributed by atoms with Crippen LogP contribution in [0.4, 0.5) is 0 Å². The second-order valence-corrected chi connectivity index (χ2v) is 4.85. The highest BCUT2D eigenvalue weighted by atomic mass is 127. The van der Waals surface area contributed by atoms with Gasteiger partial charge in [0.05, 0.1) is 0 Å². The van der Waals surface area contributed by atoms with E-state index in [0.717, 1.165) is 0 Å². The van der Waals surface area contributed by atoms with Gasteiger partial charge in [-0.25, -0.2) is 4.31 Å². The summed E-state index contributed by atoms with van der Waals surface area (Å²) in [5, 5.41) is 0. The van der Waals surface area contributed by atoms with Crippen molar-refractivity contribution in [3.63, 3.8) is 0 Å². The molecule has 0 aliphatic rings. The molecule has 0 aromatic heterocycles. The lowest BCUT2D eigenvalue weighted by molar-refractivity contribution is 0.386. The molecule has 0 radical (unpaired) electrons. The zero-order chi connectivity index (χ0) is 9.56. The van der Waals surface area contributed by atoms with Crippen molar-refractivity contribution in [2.24, 2.45) is 0 Å². The van der Waals surface area contributed by atoms with E-state index in [4.69, 9.17) is 0 Å². The predicted molar refractivity (Wildman–Crippen MR) is 67.5 cm³/mol. The Labute approximate surface area is 94.2 Å². The molecular formula is C9H18INS. The van der Waals surface area contributed by atoms with E-state index in [0.29, 0.717) is 6.04 Å². The quantitative estimate of drug-likeness (QED) is 0.556. The average molecular weight is 299 g/mol. The topological polar surface area (TPSA) is 3.24 Å². The van der Waals surface area contributed by atoms with Gasteiger partial charge < -0.3 is 0 Å². The maximum absolute atomic E-state index is 2.35. The third-order valence-electron chi connectivity index (χ3n) is 1.90. The normalized spacial score (nSPS) is 13.1. The first-order chi connectivity index (χ1) is 5.65. The van der Waals surface area contributed by atoms with Crippen LogP contribution in [-0.4, -0.2) is 17.4 Å². The zero-order valence-electron chi connectivity index (χ0n) is 8.30. The molecule has 72 valence electrons. The van der Waals surface area contributed by atoms with Gasteiger partial charge in [-0.15, -0.1) is 0 Å². The Kier molecular flexibility index (Phi) is 7.68. The summed E-state index contributed by atoms with van der Waals surface area (Å²) in [5.41, 5.74) is 0. The molecule has 0 aromatic rings. The Bertz CT molecular complexity index is 143. The number of rotatable bonds is 5. The second-order valence-electron chi connectivity index (χ2n) is 2.83. The van der Waals surface area contributed by atoms with E-state index in [2.05, 4.69) is 58.8 Å². The SMILES string of the molecule is CCC(CC)N(C)S/C(C)=C/I. The first-order valence-electron chi connectivity index (χ1n) is 4.33. The molecule has 0 bridgehead atoms. The van der Waals surface area contributed by atoms with E-state index < -0.39 is 0 Å². The van der Waals surface area contributed by atoms with E-state index in [1.54, 1.807) is 0 Å². The van der Waals surface area contributed by atoms with Gasteiger partial charge in [-0.05, 0) is 42.8 Å². The number of halogens is 1. The monoisotopic (exact) mass is 299 g/mol. The molecule has 12 heavy (non-hydrogen) atoms. The highest BCUT2D eigenvalue weighted by Gasteiger charge is 2.10. The molecule has 0 N–H and O–H groups in total. The van der Waals surface area contributed by atoms with Gasteiger partial charge in [0, 0.05) is 10.9 Å². The molecule has 3 heteroatoms. The molecule has 0 fully saturated rings. The minimum absolute atomic E-state index is 0.710. The summed E-state index contributed by atoms with van der Waals surface area (Å²) in [7, 11) is 2.17. The lowest BCUT2D eigenvalue weighted by atomic mass is 10.2. The maximum Gasteiger partial charge on any atom is 0.0197 e. The molecule has 0 amide bonds. The summed E-state index contributed by atoms with van der Waals surface area (Å²) in [6.45, 7) is 6.64. The lowest BCUT2D eigenvalue weighted by Gasteiger charge is -2.24. The molecule has 1 nitrogen and oxygen atoms in total.